The van der Waals surface area contributed by atoms with Crippen LogP contribution in [0.15, 0.2) is 35.7 Å². The Labute approximate surface area is 150 Å². The topological polar surface area (TPSA) is 69.7 Å². The number of thiophene rings is 1. The Morgan fingerprint density at radius 2 is 1.92 bits per heavy atom. The molecule has 3 rings (SSSR count). The normalized spacial score (nSPS) is 14.8. The van der Waals surface area contributed by atoms with E-state index in [1.54, 1.807) is 17.4 Å². The fourth-order valence-corrected chi connectivity index (χ4v) is 3.74. The first-order valence-corrected chi connectivity index (χ1v) is 8.72. The Morgan fingerprint density at radius 1 is 1.20 bits per heavy atom. The molecular weight excluding hydrogens is 338 g/mol. The molecular formula is C18H19N3O3S. The van der Waals surface area contributed by atoms with E-state index >= 15 is 0 Å². The summed E-state index contributed by atoms with van der Waals surface area (Å²) < 4.78 is 0. The SMILES string of the molecule is CN1C(=O)c2ccc(C(=O)NCC(c3cccs3)N(C)C)cc2C1=O. The molecule has 1 aromatic carbocycles. The van der Waals surface area contributed by atoms with E-state index in [1.807, 2.05) is 36.5 Å². The van der Waals surface area contributed by atoms with E-state index in [1.165, 1.54) is 24.1 Å². The van der Waals surface area contributed by atoms with Gasteiger partial charge in [0.05, 0.1) is 17.2 Å². The summed E-state index contributed by atoms with van der Waals surface area (Å²) in [5.41, 5.74) is 0.996. The number of fused-ring (bicyclic) bond motifs is 1. The highest BCUT2D eigenvalue weighted by Crippen LogP contribution is 2.24. The average molecular weight is 357 g/mol. The predicted molar refractivity (Wildman–Crippen MR) is 95.9 cm³/mol. The lowest BCUT2D eigenvalue weighted by atomic mass is 10.1. The fourth-order valence-electron chi connectivity index (χ4n) is 2.81. The van der Waals surface area contributed by atoms with Crippen LogP contribution >= 0.6 is 11.3 Å². The molecule has 130 valence electrons. The van der Waals surface area contributed by atoms with Crippen molar-refractivity contribution in [2.24, 2.45) is 0 Å². The van der Waals surface area contributed by atoms with Crippen LogP contribution in [-0.2, 0) is 0 Å². The van der Waals surface area contributed by atoms with Gasteiger partial charge in [-0.05, 0) is 43.7 Å². The Balaban J connectivity index is 1.74. The molecule has 2 heterocycles. The molecule has 6 nitrogen and oxygen atoms in total. The molecule has 1 aromatic heterocycles. The van der Waals surface area contributed by atoms with Crippen LogP contribution in [0.3, 0.4) is 0 Å². The zero-order valence-corrected chi connectivity index (χ0v) is 15.1. The number of rotatable bonds is 5. The summed E-state index contributed by atoms with van der Waals surface area (Å²) in [4.78, 5) is 40.7. The number of nitrogens with one attached hydrogen (secondary N) is 1. The van der Waals surface area contributed by atoms with Gasteiger partial charge in [0.2, 0.25) is 0 Å². The summed E-state index contributed by atoms with van der Waals surface area (Å²) in [5, 5.41) is 4.92. The number of likely N-dealkylation sites (N-methyl/N-ethyl adjacent to an activating group) is 1. The van der Waals surface area contributed by atoms with Gasteiger partial charge in [-0.2, -0.15) is 0 Å². The van der Waals surface area contributed by atoms with Gasteiger partial charge in [-0.15, -0.1) is 11.3 Å². The van der Waals surface area contributed by atoms with E-state index in [0.717, 1.165) is 4.90 Å². The van der Waals surface area contributed by atoms with E-state index in [0.29, 0.717) is 17.7 Å². The predicted octanol–water partition coefficient (Wildman–Crippen LogP) is 2.01. The van der Waals surface area contributed by atoms with Gasteiger partial charge in [0, 0.05) is 24.0 Å². The Bertz CT molecular complexity index is 830. The molecule has 0 saturated heterocycles. The minimum absolute atomic E-state index is 0.0766. The Hall–Kier alpha value is -2.51. The first kappa shape index (κ1) is 17.3. The van der Waals surface area contributed by atoms with Crippen molar-refractivity contribution in [2.75, 3.05) is 27.7 Å². The smallest absolute Gasteiger partial charge is 0.261 e. The number of hydrogen-bond donors (Lipinski definition) is 1. The van der Waals surface area contributed by atoms with Crippen LogP contribution < -0.4 is 5.32 Å². The van der Waals surface area contributed by atoms with Crippen LogP contribution in [0.4, 0.5) is 0 Å². The standard InChI is InChI=1S/C18H19N3O3S/c1-20(2)14(15-5-4-8-25-15)10-19-16(22)11-6-7-12-13(9-11)18(24)21(3)17(12)23/h4-9,14H,10H2,1-3H3,(H,19,22). The summed E-state index contributed by atoms with van der Waals surface area (Å²) in [5.74, 6) is -0.974. The van der Waals surface area contributed by atoms with Crippen LogP contribution in [0.2, 0.25) is 0 Å². The number of carbonyl (C=O) groups is 3. The van der Waals surface area contributed by atoms with Gasteiger partial charge < -0.3 is 10.2 Å². The quantitative estimate of drug-likeness (QED) is 0.831. The van der Waals surface area contributed by atoms with Crippen LogP contribution in [0.1, 0.15) is 42.0 Å². The molecule has 1 unspecified atom stereocenters. The zero-order valence-electron chi connectivity index (χ0n) is 14.3. The third kappa shape index (κ3) is 3.20. The van der Waals surface area contributed by atoms with Gasteiger partial charge in [-0.3, -0.25) is 19.3 Å². The molecule has 0 radical (unpaired) electrons. The minimum Gasteiger partial charge on any atom is -0.350 e. The van der Waals surface area contributed by atoms with Crippen molar-refractivity contribution in [2.45, 2.75) is 6.04 Å². The molecule has 1 N–H and O–H groups in total. The molecule has 7 heteroatoms. The second kappa shape index (κ2) is 6.78. The van der Waals surface area contributed by atoms with E-state index in [2.05, 4.69) is 5.32 Å². The molecule has 0 spiro atoms. The highest BCUT2D eigenvalue weighted by atomic mass is 32.1. The van der Waals surface area contributed by atoms with Gasteiger partial charge >= 0.3 is 0 Å². The Kier molecular flexibility index (Phi) is 4.69. The molecule has 3 amide bonds. The van der Waals surface area contributed by atoms with E-state index in [-0.39, 0.29) is 29.3 Å². The fraction of sp³-hybridized carbons (Fsp3) is 0.278. The average Bonchev–Trinajstić information content (AvgIpc) is 3.19. The van der Waals surface area contributed by atoms with Crippen molar-refractivity contribution < 1.29 is 14.4 Å². The maximum Gasteiger partial charge on any atom is 0.261 e. The van der Waals surface area contributed by atoms with Gasteiger partial charge in [-0.25, -0.2) is 0 Å². The lowest BCUT2D eigenvalue weighted by Crippen LogP contribution is -2.34. The number of nitrogens with zero attached hydrogens (tertiary/aromatic N) is 2. The number of benzene rings is 1. The molecule has 1 aliphatic rings. The van der Waals surface area contributed by atoms with Crippen LogP contribution in [0, 0.1) is 0 Å². The van der Waals surface area contributed by atoms with Gasteiger partial charge in [0.15, 0.2) is 0 Å². The number of carbonyl (C=O) groups excluding carboxylic acids is 3. The van der Waals surface area contributed by atoms with Crippen molar-refractivity contribution in [3.05, 3.63) is 57.3 Å². The third-order valence-corrected chi connectivity index (χ3v) is 5.28. The molecule has 1 atom stereocenters. The first-order valence-electron chi connectivity index (χ1n) is 7.84. The lowest BCUT2D eigenvalue weighted by Gasteiger charge is -2.23. The second-order valence-corrected chi connectivity index (χ2v) is 7.11. The largest absolute Gasteiger partial charge is 0.350 e. The monoisotopic (exact) mass is 357 g/mol. The number of amides is 3. The van der Waals surface area contributed by atoms with E-state index in [4.69, 9.17) is 0 Å². The Morgan fingerprint density at radius 3 is 2.56 bits per heavy atom. The highest BCUT2D eigenvalue weighted by Gasteiger charge is 2.33. The lowest BCUT2D eigenvalue weighted by molar-refractivity contribution is 0.0693. The van der Waals surface area contributed by atoms with Crippen molar-refractivity contribution >= 4 is 29.1 Å². The molecule has 0 aliphatic carbocycles. The van der Waals surface area contributed by atoms with Crippen molar-refractivity contribution in [3.8, 4) is 0 Å². The van der Waals surface area contributed by atoms with Crippen molar-refractivity contribution in [1.29, 1.82) is 0 Å². The summed E-state index contributed by atoms with van der Waals surface area (Å²) in [6, 6.07) is 8.71. The van der Waals surface area contributed by atoms with Crippen molar-refractivity contribution in [1.82, 2.24) is 15.1 Å². The molecule has 0 saturated carbocycles. The molecule has 2 aromatic rings. The van der Waals surface area contributed by atoms with Crippen LogP contribution in [0.25, 0.3) is 0 Å². The number of imide groups is 1. The number of hydrogen-bond acceptors (Lipinski definition) is 5. The zero-order chi connectivity index (χ0) is 18.1. The van der Waals surface area contributed by atoms with E-state index < -0.39 is 0 Å². The molecule has 0 bridgehead atoms. The summed E-state index contributed by atoms with van der Waals surface area (Å²) in [6.07, 6.45) is 0. The first-order chi connectivity index (χ1) is 11.9. The molecule has 0 fully saturated rings. The van der Waals surface area contributed by atoms with Crippen LogP contribution in [-0.4, -0.2) is 55.2 Å². The second-order valence-electron chi connectivity index (χ2n) is 6.13. The summed E-state index contributed by atoms with van der Waals surface area (Å²) >= 11 is 1.64. The molecule has 1 aliphatic heterocycles. The molecule has 25 heavy (non-hydrogen) atoms. The van der Waals surface area contributed by atoms with Gasteiger partial charge in [-0.1, -0.05) is 6.07 Å². The minimum atomic E-state index is -0.376. The van der Waals surface area contributed by atoms with Gasteiger partial charge in [0.25, 0.3) is 17.7 Å². The summed E-state index contributed by atoms with van der Waals surface area (Å²) in [6.45, 7) is 0.455. The highest BCUT2D eigenvalue weighted by molar-refractivity contribution is 7.10. The maximum absolute atomic E-state index is 12.5. The van der Waals surface area contributed by atoms with Crippen molar-refractivity contribution in [3.63, 3.8) is 0 Å². The van der Waals surface area contributed by atoms with Crippen LogP contribution in [0.5, 0.6) is 0 Å². The third-order valence-electron chi connectivity index (χ3n) is 4.30. The van der Waals surface area contributed by atoms with E-state index in [9.17, 15) is 14.4 Å². The maximum atomic E-state index is 12.5. The summed E-state index contributed by atoms with van der Waals surface area (Å²) in [7, 11) is 5.37. The van der Waals surface area contributed by atoms with Gasteiger partial charge in [0.1, 0.15) is 0 Å².